The van der Waals surface area contributed by atoms with Crippen molar-refractivity contribution in [2.75, 3.05) is 77.9 Å². The van der Waals surface area contributed by atoms with E-state index in [1.807, 2.05) is 29.2 Å². The fraction of sp³-hybridized carbons (Fsp3) is 0.556. The number of amides is 5. The highest BCUT2D eigenvalue weighted by Crippen LogP contribution is 2.34. The first kappa shape index (κ1) is 38.3. The summed E-state index contributed by atoms with van der Waals surface area (Å²) in [4.78, 5) is 67.3. The zero-order chi connectivity index (χ0) is 36.8. The fourth-order valence-electron chi connectivity index (χ4n) is 7.73. The lowest BCUT2D eigenvalue weighted by molar-refractivity contribution is -0.143. The van der Waals surface area contributed by atoms with Crippen molar-refractivity contribution in [3.63, 3.8) is 0 Å². The monoisotopic (exact) mass is 847 g/mol. The first-order valence-corrected chi connectivity index (χ1v) is 19.5. The Morgan fingerprint density at radius 2 is 1.56 bits per heavy atom. The minimum atomic E-state index is -1.06. The zero-order valence-corrected chi connectivity index (χ0v) is 32.6. The Morgan fingerprint density at radius 3 is 2.23 bits per heavy atom. The van der Waals surface area contributed by atoms with Crippen LogP contribution in [0.15, 0.2) is 45.3 Å². The molecule has 0 unspecified atom stereocenters. The standard InChI is InChI=1S/C36H47Br2N7O7/c1-51-40-32(46)23-41-11-7-26(8-12-41)42-16-18-43(19-17-42)34(48)31(22-24-20-28(37)33(47)29(38)21-24)52-36(50)44-13-9-27(10-14-44)45-15-6-25-4-2-3-5-30(25)39-35(45)49/h2-5,20-21,26-27,31,47H,6-19,22-23H2,1H3,(H,39,49)(H,40,46)/t31-/m1/s1. The Morgan fingerprint density at radius 1 is 0.904 bits per heavy atom. The smallest absolute Gasteiger partial charge is 0.410 e. The van der Waals surface area contributed by atoms with E-state index in [-0.39, 0.29) is 36.1 Å². The molecule has 0 aromatic heterocycles. The Balaban J connectivity index is 1.05. The molecule has 0 bridgehead atoms. The van der Waals surface area contributed by atoms with Crippen LogP contribution in [0.1, 0.15) is 36.8 Å². The first-order chi connectivity index (χ1) is 25.1. The Bertz CT molecular complexity index is 1590. The largest absolute Gasteiger partial charge is 0.506 e. The topological polar surface area (TPSA) is 147 Å². The normalized spacial score (nSPS) is 20.1. The van der Waals surface area contributed by atoms with Crippen LogP contribution >= 0.6 is 31.9 Å². The molecule has 4 heterocycles. The lowest BCUT2D eigenvalue weighted by Gasteiger charge is -2.43. The second kappa shape index (κ2) is 17.6. The summed E-state index contributed by atoms with van der Waals surface area (Å²) in [7, 11) is 1.43. The van der Waals surface area contributed by atoms with E-state index in [4.69, 9.17) is 9.57 Å². The number of urea groups is 1. The van der Waals surface area contributed by atoms with E-state index < -0.39 is 12.2 Å². The molecule has 4 aliphatic heterocycles. The summed E-state index contributed by atoms with van der Waals surface area (Å²) < 4.78 is 6.97. The van der Waals surface area contributed by atoms with Crippen LogP contribution in [0.25, 0.3) is 0 Å². The van der Waals surface area contributed by atoms with Gasteiger partial charge in [-0.2, -0.15) is 0 Å². The van der Waals surface area contributed by atoms with E-state index in [9.17, 15) is 24.3 Å². The number of hydrogen-bond acceptors (Lipinski definition) is 9. The lowest BCUT2D eigenvalue weighted by Crippen LogP contribution is -2.57. The maximum absolute atomic E-state index is 14.1. The number of aromatic hydroxyl groups is 1. The Labute approximate surface area is 320 Å². The highest BCUT2D eigenvalue weighted by atomic mass is 79.9. The molecule has 16 heteroatoms. The predicted octanol–water partition coefficient (Wildman–Crippen LogP) is 3.81. The number of phenols is 1. The van der Waals surface area contributed by atoms with Crippen molar-refractivity contribution in [2.24, 2.45) is 0 Å². The van der Waals surface area contributed by atoms with Crippen LogP contribution in [0, 0.1) is 0 Å². The van der Waals surface area contributed by atoms with E-state index in [1.54, 1.807) is 21.9 Å². The number of hydroxylamine groups is 1. The number of anilines is 1. The van der Waals surface area contributed by atoms with Gasteiger partial charge in [0.2, 0.25) is 0 Å². The third-order valence-corrected chi connectivity index (χ3v) is 11.8. The molecular formula is C36H47Br2N7O7. The van der Waals surface area contributed by atoms with Gasteiger partial charge in [-0.05, 0) is 93.3 Å². The van der Waals surface area contributed by atoms with Gasteiger partial charge < -0.3 is 29.9 Å². The van der Waals surface area contributed by atoms with Gasteiger partial charge in [-0.15, -0.1) is 0 Å². The van der Waals surface area contributed by atoms with Crippen LogP contribution in [-0.2, 0) is 32.0 Å². The van der Waals surface area contributed by atoms with Crippen LogP contribution in [0.2, 0.25) is 0 Å². The molecule has 282 valence electrons. The number of fused-ring (bicyclic) bond motifs is 1. The maximum Gasteiger partial charge on any atom is 0.410 e. The number of carbonyl (C=O) groups excluding carboxylic acids is 4. The highest BCUT2D eigenvalue weighted by molar-refractivity contribution is 9.11. The number of nitrogens with one attached hydrogen (secondary N) is 2. The number of carbonyl (C=O) groups is 4. The number of piperazine rings is 1. The van der Waals surface area contributed by atoms with Crippen LogP contribution in [-0.4, -0.2) is 144 Å². The lowest BCUT2D eigenvalue weighted by atomic mass is 10.0. The average Bonchev–Trinajstić information content (AvgIpc) is 3.31. The molecule has 0 aliphatic carbocycles. The van der Waals surface area contributed by atoms with Gasteiger partial charge >= 0.3 is 12.1 Å². The molecule has 4 aliphatic rings. The minimum Gasteiger partial charge on any atom is -0.506 e. The number of hydrogen-bond donors (Lipinski definition) is 3. The van der Waals surface area contributed by atoms with Crippen LogP contribution < -0.4 is 10.8 Å². The van der Waals surface area contributed by atoms with E-state index >= 15 is 0 Å². The number of nitrogens with zero attached hydrogens (tertiary/aromatic N) is 5. The average molecular weight is 850 g/mol. The molecule has 52 heavy (non-hydrogen) atoms. The summed E-state index contributed by atoms with van der Waals surface area (Å²) in [6.07, 6.45) is 2.38. The van der Waals surface area contributed by atoms with Gasteiger partial charge in [-0.3, -0.25) is 24.2 Å². The number of phenolic OH excluding ortho intramolecular Hbond substituents is 1. The Kier molecular flexibility index (Phi) is 13.0. The maximum atomic E-state index is 14.1. The molecule has 3 N–H and O–H groups in total. The van der Waals surface area contributed by atoms with E-state index in [0.717, 1.165) is 49.2 Å². The molecule has 6 rings (SSSR count). The number of rotatable bonds is 9. The van der Waals surface area contributed by atoms with Crippen molar-refractivity contribution in [2.45, 2.75) is 56.7 Å². The van der Waals surface area contributed by atoms with E-state index in [2.05, 4.69) is 52.5 Å². The molecule has 0 radical (unpaired) electrons. The molecule has 2 aromatic rings. The summed E-state index contributed by atoms with van der Waals surface area (Å²) in [5.74, 6) is -0.356. The van der Waals surface area contributed by atoms with Crippen molar-refractivity contribution in [1.82, 2.24) is 30.0 Å². The highest BCUT2D eigenvalue weighted by Gasteiger charge is 2.36. The van der Waals surface area contributed by atoms with Gasteiger partial charge in [-0.1, -0.05) is 18.2 Å². The number of piperidine rings is 2. The molecule has 3 saturated heterocycles. The summed E-state index contributed by atoms with van der Waals surface area (Å²) in [5.41, 5.74) is 5.04. The molecule has 0 spiro atoms. The van der Waals surface area contributed by atoms with Crippen LogP contribution in [0.4, 0.5) is 15.3 Å². The van der Waals surface area contributed by atoms with E-state index in [1.165, 1.54) is 7.11 Å². The summed E-state index contributed by atoms with van der Waals surface area (Å²) >= 11 is 6.76. The Hall–Kier alpha value is -3.44. The van der Waals surface area contributed by atoms with Gasteiger partial charge in [0.1, 0.15) is 5.75 Å². The molecule has 0 saturated carbocycles. The third-order valence-electron chi connectivity index (χ3n) is 10.6. The summed E-state index contributed by atoms with van der Waals surface area (Å²) in [6.45, 7) is 5.80. The number of para-hydroxylation sites is 1. The molecular weight excluding hydrogens is 802 g/mol. The summed E-state index contributed by atoms with van der Waals surface area (Å²) in [6, 6.07) is 11.5. The molecule has 14 nitrogen and oxygen atoms in total. The van der Waals surface area contributed by atoms with Gasteiger partial charge in [0.25, 0.3) is 11.8 Å². The van der Waals surface area contributed by atoms with Crippen LogP contribution in [0.3, 0.4) is 0 Å². The molecule has 2 aromatic carbocycles. The van der Waals surface area contributed by atoms with Crippen LogP contribution in [0.5, 0.6) is 5.75 Å². The van der Waals surface area contributed by atoms with Gasteiger partial charge in [0.15, 0.2) is 6.10 Å². The zero-order valence-electron chi connectivity index (χ0n) is 29.4. The predicted molar refractivity (Wildman–Crippen MR) is 201 cm³/mol. The molecule has 3 fully saturated rings. The van der Waals surface area contributed by atoms with Crippen molar-refractivity contribution in [3.05, 3.63) is 56.5 Å². The van der Waals surface area contributed by atoms with E-state index in [0.29, 0.717) is 80.2 Å². The number of likely N-dealkylation sites (tertiary alicyclic amines) is 2. The van der Waals surface area contributed by atoms with Crippen molar-refractivity contribution >= 4 is 61.5 Å². The number of halogens is 2. The van der Waals surface area contributed by atoms with Gasteiger partial charge in [0, 0.05) is 83.1 Å². The van der Waals surface area contributed by atoms with Crippen molar-refractivity contribution < 1.29 is 33.9 Å². The van der Waals surface area contributed by atoms with Crippen molar-refractivity contribution in [3.8, 4) is 5.75 Å². The second-order valence-electron chi connectivity index (χ2n) is 13.8. The number of benzene rings is 2. The third kappa shape index (κ3) is 9.37. The first-order valence-electron chi connectivity index (χ1n) is 17.9. The second-order valence-corrected chi connectivity index (χ2v) is 15.5. The quantitative estimate of drug-likeness (QED) is 0.321. The SMILES string of the molecule is CONC(=O)CN1CCC(N2CCN(C(=O)[C@@H](Cc3cc(Br)c(O)c(Br)c3)OC(=O)N3CCC(N4CCc5ccccc5NC4=O)CC3)CC2)CC1. The van der Waals surface area contributed by atoms with Gasteiger partial charge in [-0.25, -0.2) is 15.1 Å². The summed E-state index contributed by atoms with van der Waals surface area (Å²) in [5, 5.41) is 13.3. The molecule has 5 amide bonds. The minimum absolute atomic E-state index is 0.0128. The molecule has 1 atom stereocenters. The number of ether oxygens (including phenoxy) is 1. The fourth-order valence-corrected chi connectivity index (χ4v) is 9.01. The van der Waals surface area contributed by atoms with Gasteiger partial charge in [0.05, 0.1) is 22.6 Å². The van der Waals surface area contributed by atoms with Crippen molar-refractivity contribution in [1.29, 1.82) is 0 Å².